The van der Waals surface area contributed by atoms with Crippen LogP contribution < -0.4 is 5.32 Å². The maximum atomic E-state index is 11.2. The van der Waals surface area contributed by atoms with Gasteiger partial charge in [0.25, 0.3) is 0 Å². The second-order valence-corrected chi connectivity index (χ2v) is 5.81. The van der Waals surface area contributed by atoms with Crippen LogP contribution in [0.5, 0.6) is 0 Å². The van der Waals surface area contributed by atoms with E-state index < -0.39 is 16.9 Å². The number of carboxylic acid groups (broad SMARTS) is 1. The Hall–Kier alpha value is -0.940. The number of nitrogens with zero attached hydrogens (tertiary/aromatic N) is 1. The summed E-state index contributed by atoms with van der Waals surface area (Å²) >= 11 is 1.56. The topological polar surface area (TPSA) is 62.2 Å². The monoisotopic (exact) mass is 242 g/mol. The number of rotatable bonds is 5. The molecule has 1 rings (SSSR count). The lowest BCUT2D eigenvalue weighted by atomic mass is 9.74. The Kier molecular flexibility index (Phi) is 3.70. The van der Waals surface area contributed by atoms with E-state index in [1.807, 2.05) is 19.2 Å². The first-order valence-electron chi connectivity index (χ1n) is 5.14. The number of carbonyl (C=O) groups is 1. The van der Waals surface area contributed by atoms with Crippen molar-refractivity contribution in [1.29, 1.82) is 0 Å². The summed E-state index contributed by atoms with van der Waals surface area (Å²) in [5.74, 6) is -0.802. The molecule has 16 heavy (non-hydrogen) atoms. The van der Waals surface area contributed by atoms with Crippen LogP contribution in [-0.2, 0) is 11.3 Å². The van der Waals surface area contributed by atoms with Gasteiger partial charge in [-0.2, -0.15) is 0 Å². The predicted octanol–water partition coefficient (Wildman–Crippen LogP) is 2.12. The molecule has 0 unspecified atom stereocenters. The molecule has 1 aromatic heterocycles. The highest BCUT2D eigenvalue weighted by Gasteiger charge is 2.43. The lowest BCUT2D eigenvalue weighted by Gasteiger charge is -2.38. The number of nitrogens with one attached hydrogen (secondary N) is 1. The van der Waals surface area contributed by atoms with Crippen LogP contribution in [0.4, 0.5) is 0 Å². The van der Waals surface area contributed by atoms with Gasteiger partial charge in [0, 0.05) is 23.7 Å². The van der Waals surface area contributed by atoms with E-state index in [1.165, 1.54) is 0 Å². The minimum Gasteiger partial charge on any atom is -0.481 e. The van der Waals surface area contributed by atoms with E-state index in [2.05, 4.69) is 10.3 Å². The number of aliphatic carboxylic acids is 1. The molecule has 0 saturated carbocycles. The van der Waals surface area contributed by atoms with Crippen LogP contribution in [0.25, 0.3) is 0 Å². The molecule has 2 N–H and O–H groups in total. The smallest absolute Gasteiger partial charge is 0.310 e. The van der Waals surface area contributed by atoms with E-state index in [-0.39, 0.29) is 0 Å². The Bertz CT molecular complexity index is 358. The molecule has 0 aliphatic heterocycles. The van der Waals surface area contributed by atoms with Crippen LogP contribution in [0.15, 0.2) is 11.6 Å². The van der Waals surface area contributed by atoms with Crippen molar-refractivity contribution in [3.63, 3.8) is 0 Å². The molecule has 0 bridgehead atoms. The second-order valence-electron chi connectivity index (χ2n) is 4.83. The van der Waals surface area contributed by atoms with Crippen LogP contribution in [0.2, 0.25) is 0 Å². The van der Waals surface area contributed by atoms with Gasteiger partial charge in [-0.1, -0.05) is 0 Å². The Morgan fingerprint density at radius 2 is 2.12 bits per heavy atom. The van der Waals surface area contributed by atoms with Gasteiger partial charge in [0.15, 0.2) is 0 Å². The fraction of sp³-hybridized carbons (Fsp3) is 0.636. The van der Waals surface area contributed by atoms with Crippen LogP contribution in [0, 0.1) is 5.41 Å². The van der Waals surface area contributed by atoms with Gasteiger partial charge in [-0.3, -0.25) is 4.79 Å². The summed E-state index contributed by atoms with van der Waals surface area (Å²) in [7, 11) is 0. The summed E-state index contributed by atoms with van der Waals surface area (Å²) in [6.07, 6.45) is 1.75. The summed E-state index contributed by atoms with van der Waals surface area (Å²) in [5, 5.41) is 15.3. The van der Waals surface area contributed by atoms with Crippen LogP contribution in [-0.4, -0.2) is 21.6 Å². The first-order chi connectivity index (χ1) is 7.27. The van der Waals surface area contributed by atoms with Crippen molar-refractivity contribution >= 4 is 17.3 Å². The molecule has 0 spiro atoms. The van der Waals surface area contributed by atoms with Crippen molar-refractivity contribution in [2.75, 3.05) is 0 Å². The van der Waals surface area contributed by atoms with Crippen molar-refractivity contribution < 1.29 is 9.90 Å². The minimum atomic E-state index is -0.829. The van der Waals surface area contributed by atoms with Gasteiger partial charge >= 0.3 is 5.97 Å². The van der Waals surface area contributed by atoms with Gasteiger partial charge in [0.2, 0.25) is 0 Å². The molecule has 0 aliphatic carbocycles. The fourth-order valence-electron chi connectivity index (χ4n) is 1.13. The summed E-state index contributed by atoms with van der Waals surface area (Å²) in [6, 6.07) is 0. The molecule has 0 atom stereocenters. The molecule has 0 aromatic carbocycles. The second kappa shape index (κ2) is 4.51. The molecule has 4 nitrogen and oxygen atoms in total. The van der Waals surface area contributed by atoms with E-state index in [4.69, 9.17) is 0 Å². The minimum absolute atomic E-state index is 0.496. The van der Waals surface area contributed by atoms with Gasteiger partial charge in [-0.15, -0.1) is 11.3 Å². The van der Waals surface area contributed by atoms with Crippen molar-refractivity contribution in [1.82, 2.24) is 10.3 Å². The number of hydrogen-bond acceptors (Lipinski definition) is 4. The van der Waals surface area contributed by atoms with Crippen LogP contribution in [0.1, 0.15) is 32.7 Å². The molecule has 0 amide bonds. The van der Waals surface area contributed by atoms with E-state index in [0.29, 0.717) is 6.54 Å². The normalized spacial score (nSPS) is 12.8. The van der Waals surface area contributed by atoms with Gasteiger partial charge in [-0.25, -0.2) is 4.98 Å². The lowest BCUT2D eigenvalue weighted by molar-refractivity contribution is -0.151. The number of hydrogen-bond donors (Lipinski definition) is 2. The molecular weight excluding hydrogens is 224 g/mol. The first-order valence-corrected chi connectivity index (χ1v) is 6.02. The Labute approximate surface area is 99.7 Å². The van der Waals surface area contributed by atoms with Crippen molar-refractivity contribution in [2.24, 2.45) is 5.41 Å². The predicted molar refractivity (Wildman–Crippen MR) is 64.4 cm³/mol. The third-order valence-electron chi connectivity index (χ3n) is 3.26. The average molecular weight is 242 g/mol. The van der Waals surface area contributed by atoms with Crippen LogP contribution in [0.3, 0.4) is 0 Å². The highest BCUT2D eigenvalue weighted by Crippen LogP contribution is 2.31. The first kappa shape index (κ1) is 13.1. The summed E-state index contributed by atoms with van der Waals surface area (Å²) < 4.78 is 0. The van der Waals surface area contributed by atoms with Gasteiger partial charge in [0.05, 0.1) is 5.41 Å². The van der Waals surface area contributed by atoms with Gasteiger partial charge < -0.3 is 10.4 Å². The molecule has 1 heterocycles. The SMILES string of the molecule is CC(C)(NCc1nccs1)C(C)(C)C(=O)O. The molecule has 0 radical (unpaired) electrons. The fourth-order valence-corrected chi connectivity index (χ4v) is 1.68. The largest absolute Gasteiger partial charge is 0.481 e. The number of aromatic nitrogens is 1. The quantitative estimate of drug-likeness (QED) is 0.830. The molecular formula is C11H18N2O2S. The van der Waals surface area contributed by atoms with E-state index >= 15 is 0 Å². The van der Waals surface area contributed by atoms with Gasteiger partial charge in [-0.05, 0) is 27.7 Å². The molecule has 5 heteroatoms. The maximum Gasteiger partial charge on any atom is 0.310 e. The Morgan fingerprint density at radius 1 is 1.50 bits per heavy atom. The zero-order valence-corrected chi connectivity index (χ0v) is 10.9. The van der Waals surface area contributed by atoms with Crippen molar-refractivity contribution in [2.45, 2.75) is 39.8 Å². The number of thiazole rings is 1. The Balaban J connectivity index is 2.68. The highest BCUT2D eigenvalue weighted by atomic mass is 32.1. The van der Waals surface area contributed by atoms with Crippen LogP contribution >= 0.6 is 11.3 Å². The molecule has 0 aliphatic rings. The van der Waals surface area contributed by atoms with Gasteiger partial charge in [0.1, 0.15) is 5.01 Å². The third-order valence-corrected chi connectivity index (χ3v) is 4.04. The van der Waals surface area contributed by atoms with Crippen molar-refractivity contribution in [3.05, 3.63) is 16.6 Å². The molecule has 90 valence electrons. The Morgan fingerprint density at radius 3 is 2.56 bits per heavy atom. The highest BCUT2D eigenvalue weighted by molar-refractivity contribution is 7.09. The van der Waals surface area contributed by atoms with E-state index in [9.17, 15) is 9.90 Å². The van der Waals surface area contributed by atoms with E-state index in [1.54, 1.807) is 31.4 Å². The lowest BCUT2D eigenvalue weighted by Crippen LogP contribution is -2.54. The molecule has 0 fully saturated rings. The van der Waals surface area contributed by atoms with Crippen molar-refractivity contribution in [3.8, 4) is 0 Å². The summed E-state index contributed by atoms with van der Waals surface area (Å²) in [4.78, 5) is 15.3. The maximum absolute atomic E-state index is 11.2. The standard InChI is InChI=1S/C11H18N2O2S/c1-10(2,9(14)15)11(3,4)13-7-8-12-5-6-16-8/h5-6,13H,7H2,1-4H3,(H,14,15). The summed E-state index contributed by atoms with van der Waals surface area (Å²) in [5.41, 5.74) is -1.32. The number of carboxylic acids is 1. The van der Waals surface area contributed by atoms with E-state index in [0.717, 1.165) is 5.01 Å². The zero-order chi connectivity index (χ0) is 12.4. The summed E-state index contributed by atoms with van der Waals surface area (Å²) in [6.45, 7) is 7.85. The third kappa shape index (κ3) is 2.59. The zero-order valence-electron chi connectivity index (χ0n) is 10.1. The molecule has 1 aromatic rings. The molecule has 0 saturated heterocycles. The average Bonchev–Trinajstić information content (AvgIpc) is 2.66.